The van der Waals surface area contributed by atoms with E-state index in [4.69, 9.17) is 9.47 Å². The largest absolute Gasteiger partial charge is 0.379 e. The van der Waals surface area contributed by atoms with Gasteiger partial charge in [0.25, 0.3) is 0 Å². The Balaban J connectivity index is 1.52. The van der Waals surface area contributed by atoms with Crippen LogP contribution in [-0.4, -0.2) is 34.7 Å². The second-order valence-corrected chi connectivity index (χ2v) is 7.13. The number of aliphatic hydroxyl groups excluding tert-OH is 1. The smallest absolute Gasteiger partial charge is 0.162 e. The first-order chi connectivity index (χ1) is 11.7. The monoisotopic (exact) mass is 348 g/mol. The fourth-order valence-corrected chi connectivity index (χ4v) is 3.89. The third-order valence-corrected chi connectivity index (χ3v) is 5.24. The molecule has 1 aliphatic heterocycles. The summed E-state index contributed by atoms with van der Waals surface area (Å²) in [5.74, 6) is 0. The van der Waals surface area contributed by atoms with Gasteiger partial charge in [-0.25, -0.2) is 4.39 Å². The third-order valence-electron chi connectivity index (χ3n) is 3.95. The number of thioether (sulfide) groups is 1. The minimum Gasteiger partial charge on any atom is -0.379 e. The van der Waals surface area contributed by atoms with Crippen molar-refractivity contribution in [2.24, 2.45) is 0 Å². The molecule has 1 unspecified atom stereocenters. The molecule has 1 fully saturated rings. The van der Waals surface area contributed by atoms with Gasteiger partial charge in [0.05, 0.1) is 25.1 Å². The molecule has 5 heteroatoms. The van der Waals surface area contributed by atoms with E-state index in [1.165, 1.54) is 11.8 Å². The molecule has 2 aromatic rings. The van der Waals surface area contributed by atoms with Crippen LogP contribution in [0.1, 0.15) is 11.1 Å². The van der Waals surface area contributed by atoms with Gasteiger partial charge in [-0.05, 0) is 11.1 Å². The summed E-state index contributed by atoms with van der Waals surface area (Å²) in [6.07, 6.45) is -2.06. The van der Waals surface area contributed by atoms with Crippen LogP contribution in [-0.2, 0) is 22.7 Å². The maximum atomic E-state index is 14.2. The van der Waals surface area contributed by atoms with E-state index >= 15 is 0 Å². The van der Waals surface area contributed by atoms with Gasteiger partial charge in [0, 0.05) is 0 Å². The summed E-state index contributed by atoms with van der Waals surface area (Å²) in [6.45, 7) is 1.14. The summed E-state index contributed by atoms with van der Waals surface area (Å²) in [6, 6.07) is 19.5. The van der Waals surface area contributed by atoms with E-state index in [2.05, 4.69) is 0 Å². The van der Waals surface area contributed by atoms with Crippen LogP contribution >= 0.6 is 11.8 Å². The highest BCUT2D eigenvalue weighted by atomic mass is 32.2. The molecule has 0 spiro atoms. The van der Waals surface area contributed by atoms with Gasteiger partial charge >= 0.3 is 0 Å². The van der Waals surface area contributed by atoms with Crippen molar-refractivity contribution in [3.8, 4) is 0 Å². The van der Waals surface area contributed by atoms with E-state index in [-0.39, 0.29) is 5.25 Å². The van der Waals surface area contributed by atoms with Crippen molar-refractivity contribution in [3.63, 3.8) is 0 Å². The molecular weight excluding hydrogens is 327 g/mol. The number of aliphatic hydroxyl groups is 1. The highest BCUT2D eigenvalue weighted by molar-refractivity contribution is 8.00. The SMILES string of the molecule is OC1S[C@H](COCc2ccccc2)[C@@H](OCc2ccccc2)[C@H]1F. The Morgan fingerprint density at radius 2 is 1.50 bits per heavy atom. The normalized spacial score (nSPS) is 26.6. The number of benzene rings is 2. The third kappa shape index (κ3) is 4.57. The lowest BCUT2D eigenvalue weighted by molar-refractivity contribution is -0.0386. The zero-order valence-electron chi connectivity index (χ0n) is 13.3. The van der Waals surface area contributed by atoms with Gasteiger partial charge in [-0.1, -0.05) is 60.7 Å². The van der Waals surface area contributed by atoms with Gasteiger partial charge in [0.15, 0.2) is 6.17 Å². The van der Waals surface area contributed by atoms with Crippen LogP contribution in [0.2, 0.25) is 0 Å². The molecule has 1 saturated heterocycles. The van der Waals surface area contributed by atoms with Crippen molar-refractivity contribution in [1.29, 1.82) is 0 Å². The van der Waals surface area contributed by atoms with Crippen LogP contribution in [0.5, 0.6) is 0 Å². The Morgan fingerprint density at radius 3 is 2.12 bits per heavy atom. The van der Waals surface area contributed by atoms with Gasteiger partial charge in [-0.2, -0.15) is 0 Å². The molecule has 0 aliphatic carbocycles. The molecule has 1 heterocycles. The molecule has 0 radical (unpaired) electrons. The van der Waals surface area contributed by atoms with Crippen LogP contribution < -0.4 is 0 Å². The summed E-state index contributed by atoms with van der Waals surface area (Å²) in [5.41, 5.74) is 0.996. The molecule has 0 bridgehead atoms. The second kappa shape index (κ2) is 8.62. The predicted molar refractivity (Wildman–Crippen MR) is 93.4 cm³/mol. The molecule has 24 heavy (non-hydrogen) atoms. The first-order valence-electron chi connectivity index (χ1n) is 7.99. The van der Waals surface area contributed by atoms with Crippen molar-refractivity contribution in [2.75, 3.05) is 6.61 Å². The molecule has 0 saturated carbocycles. The van der Waals surface area contributed by atoms with E-state index in [1.807, 2.05) is 60.7 Å². The van der Waals surface area contributed by atoms with E-state index in [0.717, 1.165) is 11.1 Å². The number of hydrogen-bond acceptors (Lipinski definition) is 4. The molecule has 128 valence electrons. The lowest BCUT2D eigenvalue weighted by Crippen LogP contribution is -2.34. The Bertz CT molecular complexity index is 611. The molecule has 3 rings (SSSR count). The Labute approximate surface area is 145 Å². The average Bonchev–Trinajstić information content (AvgIpc) is 2.89. The molecule has 1 N–H and O–H groups in total. The lowest BCUT2D eigenvalue weighted by atomic mass is 10.1. The number of alkyl halides is 1. The van der Waals surface area contributed by atoms with E-state index in [9.17, 15) is 9.50 Å². The quantitative estimate of drug-likeness (QED) is 0.830. The zero-order valence-corrected chi connectivity index (χ0v) is 14.1. The van der Waals surface area contributed by atoms with Crippen LogP contribution in [0.3, 0.4) is 0 Å². The average molecular weight is 348 g/mol. The fourth-order valence-electron chi connectivity index (χ4n) is 2.67. The van der Waals surface area contributed by atoms with E-state index < -0.39 is 17.7 Å². The van der Waals surface area contributed by atoms with Gasteiger partial charge in [0.1, 0.15) is 11.5 Å². The lowest BCUT2D eigenvalue weighted by Gasteiger charge is -2.20. The highest BCUT2D eigenvalue weighted by Crippen LogP contribution is 2.37. The van der Waals surface area contributed by atoms with Gasteiger partial charge in [-0.3, -0.25) is 0 Å². The van der Waals surface area contributed by atoms with E-state index in [0.29, 0.717) is 19.8 Å². The summed E-state index contributed by atoms with van der Waals surface area (Å²) in [5, 5.41) is 9.58. The molecule has 0 amide bonds. The summed E-state index contributed by atoms with van der Waals surface area (Å²) >= 11 is 1.18. The Kier molecular flexibility index (Phi) is 6.26. The first kappa shape index (κ1) is 17.4. The van der Waals surface area contributed by atoms with Crippen molar-refractivity contribution >= 4 is 11.8 Å². The molecular formula is C19H21FO3S. The number of ether oxygens (including phenoxy) is 2. The Hall–Kier alpha value is -1.40. The number of halogens is 1. The molecule has 2 aromatic carbocycles. The van der Waals surface area contributed by atoms with Crippen molar-refractivity contribution < 1.29 is 19.0 Å². The topological polar surface area (TPSA) is 38.7 Å². The first-order valence-corrected chi connectivity index (χ1v) is 8.93. The second-order valence-electron chi connectivity index (χ2n) is 5.77. The minimum atomic E-state index is -1.40. The van der Waals surface area contributed by atoms with Crippen LogP contribution in [0.4, 0.5) is 4.39 Å². The fraction of sp³-hybridized carbons (Fsp3) is 0.368. The number of hydrogen-bond donors (Lipinski definition) is 1. The Morgan fingerprint density at radius 1 is 0.917 bits per heavy atom. The number of rotatable bonds is 7. The van der Waals surface area contributed by atoms with Crippen LogP contribution in [0.25, 0.3) is 0 Å². The van der Waals surface area contributed by atoms with E-state index in [1.54, 1.807) is 0 Å². The molecule has 3 nitrogen and oxygen atoms in total. The van der Waals surface area contributed by atoms with Crippen molar-refractivity contribution in [1.82, 2.24) is 0 Å². The molecule has 0 aromatic heterocycles. The van der Waals surface area contributed by atoms with Gasteiger partial charge in [0.2, 0.25) is 0 Å². The standard InChI is InChI=1S/C19H21FO3S/c20-17-18(23-12-15-9-5-2-6-10-15)16(24-19(17)21)13-22-11-14-7-3-1-4-8-14/h1-10,16-19,21H,11-13H2/t16-,17-,18-,19?/m1/s1. The zero-order chi connectivity index (χ0) is 16.8. The van der Waals surface area contributed by atoms with Crippen molar-refractivity contribution in [3.05, 3.63) is 71.8 Å². The van der Waals surface area contributed by atoms with Crippen LogP contribution in [0, 0.1) is 0 Å². The minimum absolute atomic E-state index is 0.220. The highest BCUT2D eigenvalue weighted by Gasteiger charge is 2.44. The predicted octanol–water partition coefficient (Wildman–Crippen LogP) is 3.56. The maximum absolute atomic E-state index is 14.2. The molecule has 1 aliphatic rings. The van der Waals surface area contributed by atoms with Gasteiger partial charge < -0.3 is 14.6 Å². The van der Waals surface area contributed by atoms with Crippen LogP contribution in [0.15, 0.2) is 60.7 Å². The molecule has 4 atom stereocenters. The van der Waals surface area contributed by atoms with Gasteiger partial charge in [-0.15, -0.1) is 11.8 Å². The maximum Gasteiger partial charge on any atom is 0.162 e. The van der Waals surface area contributed by atoms with Crippen molar-refractivity contribution in [2.45, 2.75) is 36.2 Å². The summed E-state index contributed by atoms with van der Waals surface area (Å²) in [7, 11) is 0. The summed E-state index contributed by atoms with van der Waals surface area (Å²) < 4.78 is 25.7. The summed E-state index contributed by atoms with van der Waals surface area (Å²) in [4.78, 5) is 0.